The molecular weight excluding hydrogens is 273 g/mol. The maximum Gasteiger partial charge on any atom is 0.0454 e. The van der Waals surface area contributed by atoms with Crippen LogP contribution in [0.2, 0.25) is 10.0 Å². The van der Waals surface area contributed by atoms with Gasteiger partial charge in [0.05, 0.1) is 0 Å². The van der Waals surface area contributed by atoms with E-state index < -0.39 is 0 Å². The molecule has 0 amide bonds. The van der Waals surface area contributed by atoms with Gasteiger partial charge in [0.2, 0.25) is 0 Å². The van der Waals surface area contributed by atoms with Gasteiger partial charge < -0.3 is 5.32 Å². The number of likely N-dealkylation sites (N-methyl/N-ethyl adjacent to an activating group) is 1. The van der Waals surface area contributed by atoms with Crippen LogP contribution < -0.4 is 5.32 Å². The smallest absolute Gasteiger partial charge is 0.0454 e. The molecule has 2 rings (SSSR count). The van der Waals surface area contributed by atoms with Crippen LogP contribution in [0.1, 0.15) is 17.2 Å². The molecule has 1 aromatic carbocycles. The normalized spacial score (nSPS) is 12.6. The fraction of sp³-hybridized carbons (Fsp3) is 0.231. The fourth-order valence-electron chi connectivity index (χ4n) is 1.79. The highest BCUT2D eigenvalue weighted by molar-refractivity contribution is 7.07. The molecule has 2 aromatic rings. The van der Waals surface area contributed by atoms with Crippen LogP contribution in [0.25, 0.3) is 0 Å². The molecule has 0 aliphatic carbocycles. The number of rotatable bonds is 4. The van der Waals surface area contributed by atoms with Crippen molar-refractivity contribution in [3.8, 4) is 0 Å². The zero-order valence-electron chi connectivity index (χ0n) is 9.41. The van der Waals surface area contributed by atoms with Crippen LogP contribution >= 0.6 is 34.5 Å². The quantitative estimate of drug-likeness (QED) is 0.869. The molecule has 0 radical (unpaired) electrons. The first kappa shape index (κ1) is 12.9. The average molecular weight is 286 g/mol. The first-order chi connectivity index (χ1) is 8.20. The predicted molar refractivity (Wildman–Crippen MR) is 76.3 cm³/mol. The Hall–Kier alpha value is -0.540. The van der Waals surface area contributed by atoms with Gasteiger partial charge in [0.15, 0.2) is 0 Å². The second kappa shape index (κ2) is 5.87. The molecule has 0 saturated carbocycles. The minimum atomic E-state index is 0.191. The van der Waals surface area contributed by atoms with E-state index in [1.54, 1.807) is 11.3 Å². The van der Waals surface area contributed by atoms with Gasteiger partial charge >= 0.3 is 0 Å². The summed E-state index contributed by atoms with van der Waals surface area (Å²) in [7, 11) is 1.94. The molecule has 0 spiro atoms. The number of benzene rings is 1. The van der Waals surface area contributed by atoms with Gasteiger partial charge in [0, 0.05) is 16.1 Å². The molecule has 0 aliphatic rings. The predicted octanol–water partition coefficient (Wildman–Crippen LogP) is 4.56. The maximum atomic E-state index is 6.21. The Morgan fingerprint density at radius 1 is 1.29 bits per heavy atom. The molecule has 1 unspecified atom stereocenters. The lowest BCUT2D eigenvalue weighted by atomic mass is 10.0. The average Bonchev–Trinajstić information content (AvgIpc) is 2.82. The lowest BCUT2D eigenvalue weighted by Gasteiger charge is -2.17. The summed E-state index contributed by atoms with van der Waals surface area (Å²) in [4.78, 5) is 0. The van der Waals surface area contributed by atoms with E-state index in [1.165, 1.54) is 5.56 Å². The molecule has 90 valence electrons. The largest absolute Gasteiger partial charge is 0.313 e. The molecule has 1 N–H and O–H groups in total. The van der Waals surface area contributed by atoms with Gasteiger partial charge in [-0.05, 0) is 59.6 Å². The van der Waals surface area contributed by atoms with Gasteiger partial charge in [0.1, 0.15) is 0 Å². The summed E-state index contributed by atoms with van der Waals surface area (Å²) in [5.41, 5.74) is 2.36. The molecule has 1 atom stereocenters. The van der Waals surface area contributed by atoms with Gasteiger partial charge in [-0.2, -0.15) is 11.3 Å². The highest BCUT2D eigenvalue weighted by atomic mass is 35.5. The minimum Gasteiger partial charge on any atom is -0.313 e. The van der Waals surface area contributed by atoms with Crippen LogP contribution in [0.4, 0.5) is 0 Å². The molecule has 0 aliphatic heterocycles. The van der Waals surface area contributed by atoms with E-state index in [4.69, 9.17) is 23.2 Å². The van der Waals surface area contributed by atoms with Gasteiger partial charge in [-0.15, -0.1) is 0 Å². The Morgan fingerprint density at radius 2 is 2.12 bits per heavy atom. The van der Waals surface area contributed by atoms with Gasteiger partial charge in [-0.3, -0.25) is 0 Å². The summed E-state index contributed by atoms with van der Waals surface area (Å²) < 4.78 is 0. The number of hydrogen-bond donors (Lipinski definition) is 1. The lowest BCUT2D eigenvalue weighted by molar-refractivity contribution is 0.593. The summed E-state index contributed by atoms with van der Waals surface area (Å²) >= 11 is 13.9. The summed E-state index contributed by atoms with van der Waals surface area (Å²) in [5, 5.41) is 9.00. The van der Waals surface area contributed by atoms with Crippen molar-refractivity contribution < 1.29 is 0 Å². The van der Waals surface area contributed by atoms with E-state index in [0.717, 1.165) is 22.0 Å². The zero-order chi connectivity index (χ0) is 12.3. The van der Waals surface area contributed by atoms with Crippen molar-refractivity contribution in [2.45, 2.75) is 12.5 Å². The molecule has 0 saturated heterocycles. The van der Waals surface area contributed by atoms with Crippen LogP contribution in [-0.2, 0) is 6.42 Å². The minimum absolute atomic E-state index is 0.191. The zero-order valence-corrected chi connectivity index (χ0v) is 11.7. The Kier molecular flexibility index (Phi) is 4.46. The summed E-state index contributed by atoms with van der Waals surface area (Å²) in [6.45, 7) is 0. The topological polar surface area (TPSA) is 12.0 Å². The second-order valence-electron chi connectivity index (χ2n) is 3.84. The van der Waals surface area contributed by atoms with E-state index in [0.29, 0.717) is 0 Å². The Morgan fingerprint density at radius 3 is 2.76 bits per heavy atom. The fourth-order valence-corrected chi connectivity index (χ4v) is 2.90. The molecule has 17 heavy (non-hydrogen) atoms. The van der Waals surface area contributed by atoms with Crippen LogP contribution in [0.3, 0.4) is 0 Å². The monoisotopic (exact) mass is 285 g/mol. The summed E-state index contributed by atoms with van der Waals surface area (Å²) in [6.07, 6.45) is 0.917. The van der Waals surface area contributed by atoms with Crippen LogP contribution in [-0.4, -0.2) is 7.05 Å². The molecule has 4 heteroatoms. The molecule has 1 heterocycles. The van der Waals surface area contributed by atoms with Gasteiger partial charge in [-0.25, -0.2) is 0 Å². The van der Waals surface area contributed by atoms with Crippen molar-refractivity contribution in [1.82, 2.24) is 5.32 Å². The Labute approximate surface area is 115 Å². The van der Waals surface area contributed by atoms with Crippen molar-refractivity contribution in [3.05, 3.63) is 56.2 Å². The third kappa shape index (κ3) is 3.23. The third-order valence-electron chi connectivity index (χ3n) is 2.70. The highest BCUT2D eigenvalue weighted by Crippen LogP contribution is 2.28. The number of hydrogen-bond acceptors (Lipinski definition) is 2. The van der Waals surface area contributed by atoms with Crippen molar-refractivity contribution in [2.24, 2.45) is 0 Å². The maximum absolute atomic E-state index is 6.21. The first-order valence-electron chi connectivity index (χ1n) is 5.34. The van der Waals surface area contributed by atoms with Crippen LogP contribution in [0.5, 0.6) is 0 Å². The summed E-state index contributed by atoms with van der Waals surface area (Å²) in [5.74, 6) is 0. The molecule has 1 nitrogen and oxygen atoms in total. The standard InChI is InChI=1S/C13H13Cl2NS/c1-16-13(6-9-4-5-17-8-9)11-7-10(14)2-3-12(11)15/h2-5,7-8,13,16H,6H2,1H3. The van der Waals surface area contributed by atoms with E-state index in [-0.39, 0.29) is 6.04 Å². The third-order valence-corrected chi connectivity index (χ3v) is 4.01. The Balaban J connectivity index is 2.25. The number of thiophene rings is 1. The Bertz CT molecular complexity index is 482. The first-order valence-corrected chi connectivity index (χ1v) is 7.04. The van der Waals surface area contributed by atoms with Crippen molar-refractivity contribution in [3.63, 3.8) is 0 Å². The molecule has 0 fully saturated rings. The molecule has 1 aromatic heterocycles. The van der Waals surface area contributed by atoms with Crippen molar-refractivity contribution in [2.75, 3.05) is 7.05 Å². The lowest BCUT2D eigenvalue weighted by Crippen LogP contribution is -2.19. The van der Waals surface area contributed by atoms with E-state index in [2.05, 4.69) is 22.1 Å². The highest BCUT2D eigenvalue weighted by Gasteiger charge is 2.14. The van der Waals surface area contributed by atoms with Gasteiger partial charge in [-0.1, -0.05) is 23.2 Å². The van der Waals surface area contributed by atoms with E-state index in [1.807, 2.05) is 25.2 Å². The van der Waals surface area contributed by atoms with E-state index in [9.17, 15) is 0 Å². The van der Waals surface area contributed by atoms with Crippen LogP contribution in [0.15, 0.2) is 35.0 Å². The van der Waals surface area contributed by atoms with Crippen molar-refractivity contribution in [1.29, 1.82) is 0 Å². The van der Waals surface area contributed by atoms with E-state index >= 15 is 0 Å². The summed E-state index contributed by atoms with van der Waals surface area (Å²) in [6, 6.07) is 7.91. The molecular formula is C13H13Cl2NS. The van der Waals surface area contributed by atoms with Gasteiger partial charge in [0.25, 0.3) is 0 Å². The number of halogens is 2. The van der Waals surface area contributed by atoms with Crippen molar-refractivity contribution >= 4 is 34.5 Å². The second-order valence-corrected chi connectivity index (χ2v) is 5.47. The SMILES string of the molecule is CNC(Cc1ccsc1)c1cc(Cl)ccc1Cl. The number of nitrogens with one attached hydrogen (secondary N) is 1. The van der Waals surface area contributed by atoms with Crippen LogP contribution in [0, 0.1) is 0 Å². The molecule has 0 bridgehead atoms.